The van der Waals surface area contributed by atoms with E-state index in [2.05, 4.69) is 15.6 Å². The topological polar surface area (TPSA) is 85.8 Å². The molecule has 1 amide bonds. The van der Waals surface area contributed by atoms with Gasteiger partial charge in [0.25, 0.3) is 0 Å². The van der Waals surface area contributed by atoms with Crippen molar-refractivity contribution in [3.8, 4) is 5.69 Å². The lowest BCUT2D eigenvalue weighted by molar-refractivity contribution is 0.100. The number of nitrogens with zero attached hydrogens (tertiary/aromatic N) is 3. The summed E-state index contributed by atoms with van der Waals surface area (Å²) in [5, 5.41) is 11.8. The smallest absolute Gasteiger partial charge is 0.248 e. The molecule has 2 heterocycles. The van der Waals surface area contributed by atoms with Gasteiger partial charge in [-0.15, -0.1) is 17.5 Å². The van der Waals surface area contributed by atoms with Gasteiger partial charge in [-0.25, -0.2) is 4.68 Å². The number of amides is 1. The van der Waals surface area contributed by atoms with Crippen LogP contribution in [0.1, 0.15) is 28.9 Å². The Morgan fingerprint density at radius 2 is 1.95 bits per heavy atom. The number of nitrogens with two attached hydrogens (primary N) is 1. The van der Waals surface area contributed by atoms with E-state index in [1.54, 1.807) is 16.8 Å². The predicted octanol–water partition coefficient (Wildman–Crippen LogP) is 1.33. The molecule has 2 aromatic rings. The highest BCUT2D eigenvalue weighted by atomic mass is 35.5. The molecule has 1 aliphatic rings. The highest BCUT2D eigenvalue weighted by Gasteiger charge is 2.15. The molecule has 0 aliphatic carbocycles. The minimum atomic E-state index is -0.424. The standard InChI is InChI=1S/C15H19N5O.ClH/c16-15(21)12-1-3-14(4-2-12)20-10-13(18-19-20)9-11-5-7-17-8-6-11;/h1-4,10-11,17H,5-9H2,(H2,16,21);1H. The molecule has 1 saturated heterocycles. The molecule has 118 valence electrons. The van der Waals surface area contributed by atoms with Gasteiger partial charge >= 0.3 is 0 Å². The van der Waals surface area contributed by atoms with Crippen molar-refractivity contribution in [3.63, 3.8) is 0 Å². The van der Waals surface area contributed by atoms with Crippen LogP contribution in [0.3, 0.4) is 0 Å². The molecule has 0 bridgehead atoms. The first-order chi connectivity index (χ1) is 10.2. The zero-order chi connectivity index (χ0) is 14.7. The molecule has 0 saturated carbocycles. The summed E-state index contributed by atoms with van der Waals surface area (Å²) in [5.74, 6) is 0.264. The SMILES string of the molecule is Cl.NC(=O)c1ccc(-n2cc(CC3CCNCC3)nn2)cc1. The molecule has 22 heavy (non-hydrogen) atoms. The molecule has 0 radical (unpaired) electrons. The second-order valence-electron chi connectivity index (χ2n) is 5.46. The zero-order valence-electron chi connectivity index (χ0n) is 12.2. The van der Waals surface area contributed by atoms with Gasteiger partial charge in [0.2, 0.25) is 5.91 Å². The number of hydrogen-bond donors (Lipinski definition) is 2. The third-order valence-corrected chi connectivity index (χ3v) is 3.91. The van der Waals surface area contributed by atoms with Crippen molar-refractivity contribution in [1.29, 1.82) is 0 Å². The van der Waals surface area contributed by atoms with Crippen LogP contribution in [0.5, 0.6) is 0 Å². The molecule has 7 heteroatoms. The molecule has 1 aliphatic heterocycles. The van der Waals surface area contributed by atoms with Gasteiger partial charge in [-0.1, -0.05) is 5.21 Å². The number of aromatic nitrogens is 3. The van der Waals surface area contributed by atoms with Crippen molar-refractivity contribution in [3.05, 3.63) is 41.7 Å². The van der Waals surface area contributed by atoms with Gasteiger partial charge in [0.1, 0.15) is 0 Å². The van der Waals surface area contributed by atoms with E-state index in [1.807, 2.05) is 18.3 Å². The van der Waals surface area contributed by atoms with E-state index in [4.69, 9.17) is 5.73 Å². The second kappa shape index (κ2) is 7.38. The Balaban J connectivity index is 0.00000176. The fraction of sp³-hybridized carbons (Fsp3) is 0.400. The van der Waals surface area contributed by atoms with Crippen LogP contribution < -0.4 is 11.1 Å². The Morgan fingerprint density at radius 3 is 2.59 bits per heavy atom. The minimum Gasteiger partial charge on any atom is -0.366 e. The monoisotopic (exact) mass is 321 g/mol. The number of carbonyl (C=O) groups excluding carboxylic acids is 1. The number of rotatable bonds is 4. The van der Waals surface area contributed by atoms with E-state index in [0.29, 0.717) is 11.5 Å². The highest BCUT2D eigenvalue weighted by molar-refractivity contribution is 5.92. The highest BCUT2D eigenvalue weighted by Crippen LogP contribution is 2.17. The molecule has 1 fully saturated rings. The van der Waals surface area contributed by atoms with Crippen molar-refractivity contribution < 1.29 is 4.79 Å². The van der Waals surface area contributed by atoms with E-state index < -0.39 is 5.91 Å². The van der Waals surface area contributed by atoms with Crippen LogP contribution in [0.2, 0.25) is 0 Å². The lowest BCUT2D eigenvalue weighted by Crippen LogP contribution is -2.28. The lowest BCUT2D eigenvalue weighted by atomic mass is 9.93. The fourth-order valence-electron chi connectivity index (χ4n) is 2.68. The summed E-state index contributed by atoms with van der Waals surface area (Å²) in [6.07, 6.45) is 5.32. The number of primary amides is 1. The van der Waals surface area contributed by atoms with E-state index in [0.717, 1.165) is 30.9 Å². The van der Waals surface area contributed by atoms with E-state index in [9.17, 15) is 4.79 Å². The van der Waals surface area contributed by atoms with Gasteiger partial charge < -0.3 is 11.1 Å². The normalized spacial score (nSPS) is 15.3. The molecular formula is C15H20ClN5O. The molecule has 0 spiro atoms. The summed E-state index contributed by atoms with van der Waals surface area (Å²) in [5.41, 5.74) is 7.62. The van der Waals surface area contributed by atoms with E-state index in [-0.39, 0.29) is 12.4 Å². The summed E-state index contributed by atoms with van der Waals surface area (Å²) in [7, 11) is 0. The van der Waals surface area contributed by atoms with E-state index >= 15 is 0 Å². The molecule has 1 aromatic heterocycles. The van der Waals surface area contributed by atoms with Crippen LogP contribution in [-0.4, -0.2) is 34.0 Å². The number of halogens is 1. The Kier molecular flexibility index (Phi) is 5.51. The second-order valence-corrected chi connectivity index (χ2v) is 5.46. The van der Waals surface area contributed by atoms with Gasteiger partial charge in [-0.2, -0.15) is 0 Å². The molecule has 0 atom stereocenters. The first-order valence-corrected chi connectivity index (χ1v) is 7.24. The lowest BCUT2D eigenvalue weighted by Gasteiger charge is -2.21. The Morgan fingerprint density at radius 1 is 1.27 bits per heavy atom. The minimum absolute atomic E-state index is 0. The fourth-order valence-corrected chi connectivity index (χ4v) is 2.68. The van der Waals surface area contributed by atoms with Gasteiger partial charge in [-0.3, -0.25) is 4.79 Å². The van der Waals surface area contributed by atoms with Gasteiger partial charge in [0.15, 0.2) is 0 Å². The maximum atomic E-state index is 11.1. The first-order valence-electron chi connectivity index (χ1n) is 7.24. The average molecular weight is 322 g/mol. The molecule has 3 N–H and O–H groups in total. The van der Waals surface area contributed by atoms with Crippen LogP contribution in [0.25, 0.3) is 5.69 Å². The summed E-state index contributed by atoms with van der Waals surface area (Å²) in [4.78, 5) is 11.1. The third kappa shape index (κ3) is 3.84. The summed E-state index contributed by atoms with van der Waals surface area (Å²) < 4.78 is 1.74. The molecule has 1 aromatic carbocycles. The van der Waals surface area contributed by atoms with Crippen LogP contribution in [0.15, 0.2) is 30.5 Å². The average Bonchev–Trinajstić information content (AvgIpc) is 2.97. The Labute approximate surface area is 135 Å². The number of benzene rings is 1. The Bertz CT molecular complexity index is 619. The van der Waals surface area contributed by atoms with E-state index in [1.165, 1.54) is 12.8 Å². The Hall–Kier alpha value is -1.92. The first kappa shape index (κ1) is 16.5. The van der Waals surface area contributed by atoms with Gasteiger partial charge in [0.05, 0.1) is 17.6 Å². The van der Waals surface area contributed by atoms with Crippen molar-refractivity contribution >= 4 is 18.3 Å². The predicted molar refractivity (Wildman–Crippen MR) is 86.4 cm³/mol. The van der Waals surface area contributed by atoms with Crippen LogP contribution in [0.4, 0.5) is 0 Å². The number of carbonyl (C=O) groups is 1. The van der Waals surface area contributed by atoms with Crippen molar-refractivity contribution in [1.82, 2.24) is 20.3 Å². The molecule has 3 rings (SSSR count). The van der Waals surface area contributed by atoms with Crippen molar-refractivity contribution in [2.75, 3.05) is 13.1 Å². The maximum absolute atomic E-state index is 11.1. The number of piperidine rings is 1. The van der Waals surface area contributed by atoms with Crippen molar-refractivity contribution in [2.24, 2.45) is 11.7 Å². The van der Waals surface area contributed by atoms with Crippen LogP contribution >= 0.6 is 12.4 Å². The largest absolute Gasteiger partial charge is 0.366 e. The number of nitrogens with one attached hydrogen (secondary N) is 1. The maximum Gasteiger partial charge on any atom is 0.248 e. The zero-order valence-corrected chi connectivity index (χ0v) is 13.1. The molecule has 0 unspecified atom stereocenters. The van der Waals surface area contributed by atoms with Crippen LogP contribution in [-0.2, 0) is 6.42 Å². The van der Waals surface area contributed by atoms with Crippen molar-refractivity contribution in [2.45, 2.75) is 19.3 Å². The molecule has 6 nitrogen and oxygen atoms in total. The summed E-state index contributed by atoms with van der Waals surface area (Å²) in [6, 6.07) is 7.05. The third-order valence-electron chi connectivity index (χ3n) is 3.91. The molecular weight excluding hydrogens is 302 g/mol. The van der Waals surface area contributed by atoms with Crippen LogP contribution in [0, 0.1) is 5.92 Å². The van der Waals surface area contributed by atoms with Gasteiger partial charge in [0, 0.05) is 5.56 Å². The van der Waals surface area contributed by atoms with Gasteiger partial charge in [-0.05, 0) is 62.5 Å². The number of hydrogen-bond acceptors (Lipinski definition) is 4. The quantitative estimate of drug-likeness (QED) is 0.889. The summed E-state index contributed by atoms with van der Waals surface area (Å²) >= 11 is 0. The summed E-state index contributed by atoms with van der Waals surface area (Å²) in [6.45, 7) is 2.18.